The summed E-state index contributed by atoms with van der Waals surface area (Å²) in [5, 5.41) is 6.68. The van der Waals surface area contributed by atoms with Crippen molar-refractivity contribution < 1.29 is 4.79 Å². The van der Waals surface area contributed by atoms with Gasteiger partial charge in [-0.3, -0.25) is 4.79 Å². The largest absolute Gasteiger partial charge is 0.354 e. The van der Waals surface area contributed by atoms with Crippen LogP contribution in [0.15, 0.2) is 29.3 Å². The Hall–Kier alpha value is -2.04. The molecule has 1 saturated carbocycles. The van der Waals surface area contributed by atoms with Crippen LogP contribution in [-0.2, 0) is 11.3 Å². The van der Waals surface area contributed by atoms with Crippen LogP contribution >= 0.6 is 0 Å². The number of hydrogen-bond donors (Lipinski definition) is 2. The molecule has 24 heavy (non-hydrogen) atoms. The molecule has 0 aromatic heterocycles. The van der Waals surface area contributed by atoms with Crippen LogP contribution < -0.4 is 10.6 Å². The topological polar surface area (TPSA) is 56.7 Å². The van der Waals surface area contributed by atoms with Crippen LogP contribution in [0.25, 0.3) is 0 Å². The highest BCUT2D eigenvalue weighted by Crippen LogP contribution is 2.17. The first-order valence-corrected chi connectivity index (χ1v) is 8.85. The van der Waals surface area contributed by atoms with Gasteiger partial charge in [0, 0.05) is 20.1 Å². The predicted molar refractivity (Wildman–Crippen MR) is 99.0 cm³/mol. The third kappa shape index (κ3) is 6.22. The summed E-state index contributed by atoms with van der Waals surface area (Å²) >= 11 is 0. The number of nitrogens with one attached hydrogen (secondary N) is 2. The van der Waals surface area contributed by atoms with Gasteiger partial charge >= 0.3 is 0 Å². The van der Waals surface area contributed by atoms with Crippen LogP contribution in [0.3, 0.4) is 0 Å². The maximum atomic E-state index is 11.8. The quantitative estimate of drug-likeness (QED) is 0.644. The number of carbonyl (C=O) groups is 1. The van der Waals surface area contributed by atoms with Crippen molar-refractivity contribution in [2.75, 3.05) is 20.6 Å². The second-order valence-corrected chi connectivity index (χ2v) is 6.77. The van der Waals surface area contributed by atoms with Crippen molar-refractivity contribution in [1.29, 1.82) is 0 Å². The zero-order chi connectivity index (χ0) is 17.4. The second kappa shape index (κ2) is 9.30. The minimum Gasteiger partial charge on any atom is -0.354 e. The minimum atomic E-state index is 0.0449. The Morgan fingerprint density at radius 1 is 1.17 bits per heavy atom. The van der Waals surface area contributed by atoms with Gasteiger partial charge in [0.05, 0.1) is 13.1 Å². The zero-order valence-electron chi connectivity index (χ0n) is 15.1. The molecule has 1 aliphatic rings. The molecule has 1 aromatic rings. The summed E-state index contributed by atoms with van der Waals surface area (Å²) in [5.41, 5.74) is 2.42. The van der Waals surface area contributed by atoms with Gasteiger partial charge in [0.15, 0.2) is 5.96 Å². The van der Waals surface area contributed by atoms with Gasteiger partial charge in [-0.05, 0) is 25.3 Å². The van der Waals surface area contributed by atoms with Crippen molar-refractivity contribution in [2.24, 2.45) is 4.99 Å². The van der Waals surface area contributed by atoms with E-state index in [2.05, 4.69) is 46.8 Å². The molecule has 0 bridgehead atoms. The van der Waals surface area contributed by atoms with E-state index < -0.39 is 0 Å². The van der Waals surface area contributed by atoms with E-state index in [4.69, 9.17) is 0 Å². The molecule has 1 fully saturated rings. The fourth-order valence-corrected chi connectivity index (χ4v) is 2.77. The maximum Gasteiger partial charge on any atom is 0.241 e. The van der Waals surface area contributed by atoms with E-state index in [0.29, 0.717) is 12.6 Å². The van der Waals surface area contributed by atoms with Crippen molar-refractivity contribution in [3.05, 3.63) is 35.4 Å². The van der Waals surface area contributed by atoms with Crippen LogP contribution in [0.4, 0.5) is 0 Å². The number of amides is 1. The number of hydrogen-bond acceptors (Lipinski definition) is 2. The van der Waals surface area contributed by atoms with Crippen molar-refractivity contribution in [3.8, 4) is 0 Å². The summed E-state index contributed by atoms with van der Waals surface area (Å²) in [6.07, 6.45) is 6.19. The zero-order valence-corrected chi connectivity index (χ0v) is 15.1. The van der Waals surface area contributed by atoms with Crippen molar-refractivity contribution in [2.45, 2.75) is 51.6 Å². The lowest BCUT2D eigenvalue weighted by molar-refractivity contribution is -0.127. The fraction of sp³-hybridized carbons (Fsp3) is 0.579. The Morgan fingerprint density at radius 3 is 2.46 bits per heavy atom. The molecule has 0 radical (unpaired) electrons. The maximum absolute atomic E-state index is 11.8. The molecule has 1 aromatic carbocycles. The van der Waals surface area contributed by atoms with Gasteiger partial charge in [-0.2, -0.15) is 0 Å². The average molecular weight is 330 g/mol. The third-order valence-electron chi connectivity index (χ3n) is 4.39. The number of aryl methyl sites for hydroxylation is 1. The smallest absolute Gasteiger partial charge is 0.241 e. The van der Waals surface area contributed by atoms with E-state index in [1.54, 1.807) is 19.0 Å². The highest BCUT2D eigenvalue weighted by Gasteiger charge is 2.15. The first-order valence-electron chi connectivity index (χ1n) is 8.85. The number of likely N-dealkylation sites (N-methyl/N-ethyl adjacent to an activating group) is 1. The van der Waals surface area contributed by atoms with Crippen LogP contribution in [0.1, 0.15) is 43.2 Å². The number of carbonyl (C=O) groups excluding carboxylic acids is 1. The molecule has 0 saturated heterocycles. The third-order valence-corrected chi connectivity index (χ3v) is 4.39. The number of rotatable bonds is 5. The van der Waals surface area contributed by atoms with Crippen LogP contribution in [-0.4, -0.2) is 43.4 Å². The van der Waals surface area contributed by atoms with Gasteiger partial charge < -0.3 is 15.5 Å². The normalized spacial score (nSPS) is 15.9. The van der Waals surface area contributed by atoms with Gasteiger partial charge in [-0.25, -0.2) is 4.99 Å². The molecule has 1 amide bonds. The molecule has 2 N–H and O–H groups in total. The number of aliphatic imine (C=N–C) groups is 1. The summed E-state index contributed by atoms with van der Waals surface area (Å²) in [6, 6.07) is 8.85. The molecule has 0 unspecified atom stereocenters. The molecule has 5 nitrogen and oxygen atoms in total. The van der Waals surface area contributed by atoms with E-state index in [0.717, 1.165) is 5.96 Å². The standard InChI is InChI=1S/C19H30N4O/c1-15-9-11-16(12-10-15)13-20-19(21-14-18(24)23(2)3)22-17-7-5-4-6-8-17/h9-12,17H,4-8,13-14H2,1-3H3,(H2,20,21,22). The number of benzene rings is 1. The van der Waals surface area contributed by atoms with Crippen LogP contribution in [0.5, 0.6) is 0 Å². The Labute approximate surface area is 145 Å². The minimum absolute atomic E-state index is 0.0449. The molecule has 5 heteroatoms. The Morgan fingerprint density at radius 2 is 1.83 bits per heavy atom. The Kier molecular flexibility index (Phi) is 7.09. The van der Waals surface area contributed by atoms with E-state index in [1.165, 1.54) is 43.2 Å². The van der Waals surface area contributed by atoms with Crippen molar-refractivity contribution in [3.63, 3.8) is 0 Å². The SMILES string of the molecule is Cc1ccc(CN=C(NCC(=O)N(C)C)NC2CCCCC2)cc1. The van der Waals surface area contributed by atoms with Crippen LogP contribution in [0, 0.1) is 6.92 Å². The lowest BCUT2D eigenvalue weighted by Crippen LogP contribution is -2.47. The van der Waals surface area contributed by atoms with Gasteiger partial charge in [0.1, 0.15) is 0 Å². The molecule has 1 aliphatic carbocycles. The summed E-state index contributed by atoms with van der Waals surface area (Å²) < 4.78 is 0. The number of guanidine groups is 1. The van der Waals surface area contributed by atoms with Crippen molar-refractivity contribution >= 4 is 11.9 Å². The molecule has 0 spiro atoms. The highest BCUT2D eigenvalue weighted by molar-refractivity contribution is 5.86. The van der Waals surface area contributed by atoms with Crippen LogP contribution in [0.2, 0.25) is 0 Å². The van der Waals surface area contributed by atoms with Gasteiger partial charge in [0.25, 0.3) is 0 Å². The molecule has 0 atom stereocenters. The Balaban J connectivity index is 1.97. The molecule has 2 rings (SSSR count). The van der Waals surface area contributed by atoms with E-state index in [9.17, 15) is 4.79 Å². The lowest BCUT2D eigenvalue weighted by Gasteiger charge is -2.25. The molecular weight excluding hydrogens is 300 g/mol. The molecular formula is C19H30N4O. The Bertz CT molecular complexity index is 545. The molecule has 0 aliphatic heterocycles. The van der Waals surface area contributed by atoms with Crippen molar-refractivity contribution in [1.82, 2.24) is 15.5 Å². The van der Waals surface area contributed by atoms with Gasteiger partial charge in [-0.15, -0.1) is 0 Å². The first kappa shape index (κ1) is 18.3. The second-order valence-electron chi connectivity index (χ2n) is 6.77. The van der Waals surface area contributed by atoms with Gasteiger partial charge in [-0.1, -0.05) is 49.1 Å². The predicted octanol–water partition coefficient (Wildman–Crippen LogP) is 2.45. The summed E-state index contributed by atoms with van der Waals surface area (Å²) in [7, 11) is 3.53. The van der Waals surface area contributed by atoms with E-state index >= 15 is 0 Å². The monoisotopic (exact) mass is 330 g/mol. The molecule has 132 valence electrons. The van der Waals surface area contributed by atoms with E-state index in [1.807, 2.05) is 0 Å². The summed E-state index contributed by atoms with van der Waals surface area (Å²) in [5.74, 6) is 0.779. The first-order chi connectivity index (χ1) is 11.5. The van der Waals surface area contributed by atoms with E-state index in [-0.39, 0.29) is 12.5 Å². The van der Waals surface area contributed by atoms with Gasteiger partial charge in [0.2, 0.25) is 5.91 Å². The summed E-state index contributed by atoms with van der Waals surface area (Å²) in [6.45, 7) is 2.95. The number of nitrogens with zero attached hydrogens (tertiary/aromatic N) is 2. The lowest BCUT2D eigenvalue weighted by atomic mass is 9.96. The highest BCUT2D eigenvalue weighted by atomic mass is 16.2. The molecule has 0 heterocycles. The summed E-state index contributed by atoms with van der Waals surface area (Å²) in [4.78, 5) is 18.1. The fourth-order valence-electron chi connectivity index (χ4n) is 2.77. The average Bonchev–Trinajstić information content (AvgIpc) is 2.59.